The number of rotatable bonds is 8. The van der Waals surface area contributed by atoms with E-state index in [0.29, 0.717) is 17.5 Å². The lowest BCUT2D eigenvalue weighted by molar-refractivity contribution is -0.165. The van der Waals surface area contributed by atoms with Crippen LogP contribution >= 0.6 is 0 Å². The maximum absolute atomic E-state index is 12.6. The van der Waals surface area contributed by atoms with Crippen molar-refractivity contribution in [3.8, 4) is 5.75 Å². The van der Waals surface area contributed by atoms with Crippen LogP contribution < -0.4 is 15.4 Å². The molecule has 2 rings (SSSR count). The molecule has 8 heteroatoms. The SMILES string of the molecule is COc1ccc(NC(=O)C(Cc2ccccc2)N/C=C/C(=O)C(F)(F)F)cc1. The number of methoxy groups -OCH3 is 1. The van der Waals surface area contributed by atoms with Crippen molar-refractivity contribution in [2.75, 3.05) is 12.4 Å². The van der Waals surface area contributed by atoms with Crippen LogP contribution in [0.25, 0.3) is 0 Å². The van der Waals surface area contributed by atoms with Crippen LogP contribution in [-0.4, -0.2) is 31.0 Å². The van der Waals surface area contributed by atoms with E-state index in [1.807, 2.05) is 6.07 Å². The molecule has 0 aliphatic rings. The van der Waals surface area contributed by atoms with E-state index in [2.05, 4.69) is 10.6 Å². The summed E-state index contributed by atoms with van der Waals surface area (Å²) in [5.74, 6) is -1.85. The Hall–Kier alpha value is -3.29. The van der Waals surface area contributed by atoms with Crippen molar-refractivity contribution in [2.45, 2.75) is 18.6 Å². The van der Waals surface area contributed by atoms with Crippen LogP contribution in [0.2, 0.25) is 0 Å². The summed E-state index contributed by atoms with van der Waals surface area (Å²) >= 11 is 0. The van der Waals surface area contributed by atoms with Crippen LogP contribution in [0.3, 0.4) is 0 Å². The standard InChI is InChI=1S/C20H19F3N2O3/c1-28-16-9-7-15(8-10-16)25-19(27)17(13-14-5-3-2-4-6-14)24-12-11-18(26)20(21,22)23/h2-12,17,24H,13H2,1H3,(H,25,27)/b12-11+. The number of hydrogen-bond acceptors (Lipinski definition) is 4. The van der Waals surface area contributed by atoms with Gasteiger partial charge in [0.2, 0.25) is 5.91 Å². The van der Waals surface area contributed by atoms with Gasteiger partial charge in [-0.25, -0.2) is 0 Å². The largest absolute Gasteiger partial charge is 0.497 e. The minimum Gasteiger partial charge on any atom is -0.497 e. The second-order valence-corrected chi connectivity index (χ2v) is 5.82. The van der Waals surface area contributed by atoms with Gasteiger partial charge in [-0.1, -0.05) is 30.3 Å². The average molecular weight is 392 g/mol. The lowest BCUT2D eigenvalue weighted by Crippen LogP contribution is -2.39. The quantitative estimate of drug-likeness (QED) is 0.675. The predicted molar refractivity (Wildman–Crippen MR) is 98.9 cm³/mol. The summed E-state index contributed by atoms with van der Waals surface area (Å²) in [5, 5.41) is 5.26. The number of anilines is 1. The van der Waals surface area contributed by atoms with Crippen molar-refractivity contribution in [3.63, 3.8) is 0 Å². The van der Waals surface area contributed by atoms with Crippen LogP contribution in [0, 0.1) is 0 Å². The highest BCUT2D eigenvalue weighted by atomic mass is 19.4. The summed E-state index contributed by atoms with van der Waals surface area (Å²) in [7, 11) is 1.52. The Kier molecular flexibility index (Phi) is 7.20. The molecular formula is C20H19F3N2O3. The fraction of sp³-hybridized carbons (Fsp3) is 0.200. The van der Waals surface area contributed by atoms with E-state index in [0.717, 1.165) is 11.8 Å². The van der Waals surface area contributed by atoms with E-state index in [1.165, 1.54) is 7.11 Å². The number of nitrogens with one attached hydrogen (secondary N) is 2. The first-order valence-electron chi connectivity index (χ1n) is 8.32. The minimum absolute atomic E-state index is 0.216. The third-order valence-corrected chi connectivity index (χ3v) is 3.77. The zero-order valence-corrected chi connectivity index (χ0v) is 15.0. The van der Waals surface area contributed by atoms with Gasteiger partial charge in [-0.05, 0) is 29.8 Å². The molecule has 2 N–H and O–H groups in total. The van der Waals surface area contributed by atoms with Gasteiger partial charge in [-0.2, -0.15) is 13.2 Å². The number of carbonyl (C=O) groups excluding carboxylic acids is 2. The highest BCUT2D eigenvalue weighted by Crippen LogP contribution is 2.17. The van der Waals surface area contributed by atoms with Crippen molar-refractivity contribution in [1.82, 2.24) is 5.32 Å². The van der Waals surface area contributed by atoms with Gasteiger partial charge < -0.3 is 15.4 Å². The number of alkyl halides is 3. The van der Waals surface area contributed by atoms with Gasteiger partial charge in [0, 0.05) is 24.4 Å². The molecule has 2 aromatic rings. The van der Waals surface area contributed by atoms with E-state index >= 15 is 0 Å². The number of ketones is 1. The molecule has 5 nitrogen and oxygen atoms in total. The van der Waals surface area contributed by atoms with Crippen LogP contribution in [0.1, 0.15) is 5.56 Å². The molecule has 0 aliphatic heterocycles. The number of amides is 1. The molecule has 2 aromatic carbocycles. The summed E-state index contributed by atoms with van der Waals surface area (Å²) in [6.07, 6.45) is -3.54. The summed E-state index contributed by atoms with van der Waals surface area (Å²) in [5.41, 5.74) is 1.31. The minimum atomic E-state index is -4.96. The van der Waals surface area contributed by atoms with Crippen LogP contribution in [0.5, 0.6) is 5.75 Å². The molecule has 0 saturated heterocycles. The maximum atomic E-state index is 12.6. The highest BCUT2D eigenvalue weighted by Gasteiger charge is 2.36. The molecule has 0 aromatic heterocycles. The van der Waals surface area contributed by atoms with E-state index in [-0.39, 0.29) is 6.42 Å². The van der Waals surface area contributed by atoms with Gasteiger partial charge in [-0.3, -0.25) is 9.59 Å². The van der Waals surface area contributed by atoms with E-state index in [4.69, 9.17) is 4.74 Å². The van der Waals surface area contributed by atoms with E-state index < -0.39 is 23.9 Å². The Morgan fingerprint density at radius 2 is 1.71 bits per heavy atom. The third kappa shape index (κ3) is 6.46. The normalized spacial score (nSPS) is 12.4. The van der Waals surface area contributed by atoms with Crippen molar-refractivity contribution in [2.24, 2.45) is 0 Å². The molecule has 0 saturated carbocycles. The zero-order valence-electron chi connectivity index (χ0n) is 15.0. The summed E-state index contributed by atoms with van der Waals surface area (Å²) in [6.45, 7) is 0. The van der Waals surface area contributed by atoms with Gasteiger partial charge in [-0.15, -0.1) is 0 Å². The first kappa shape index (κ1) is 21.0. The zero-order chi connectivity index (χ0) is 20.6. The summed E-state index contributed by atoms with van der Waals surface area (Å²) in [6, 6.07) is 14.7. The molecule has 1 atom stereocenters. The monoisotopic (exact) mass is 392 g/mol. The number of allylic oxidation sites excluding steroid dienone is 1. The van der Waals surface area contributed by atoms with E-state index in [9.17, 15) is 22.8 Å². The first-order valence-corrected chi connectivity index (χ1v) is 8.32. The molecule has 1 amide bonds. The maximum Gasteiger partial charge on any atom is 0.454 e. The van der Waals surface area contributed by atoms with Gasteiger partial charge in [0.1, 0.15) is 11.8 Å². The second-order valence-electron chi connectivity index (χ2n) is 5.82. The number of carbonyl (C=O) groups is 2. The van der Waals surface area contributed by atoms with Crippen LogP contribution in [0.15, 0.2) is 66.9 Å². The van der Waals surface area contributed by atoms with Crippen molar-refractivity contribution in [1.29, 1.82) is 0 Å². The smallest absolute Gasteiger partial charge is 0.454 e. The number of halogens is 3. The molecule has 148 valence electrons. The van der Waals surface area contributed by atoms with E-state index in [1.54, 1.807) is 48.5 Å². The molecule has 1 unspecified atom stereocenters. The van der Waals surface area contributed by atoms with Gasteiger partial charge in [0.25, 0.3) is 5.78 Å². The Bertz CT molecular complexity index is 819. The Morgan fingerprint density at radius 1 is 1.07 bits per heavy atom. The fourth-order valence-electron chi connectivity index (χ4n) is 2.32. The van der Waals surface area contributed by atoms with Gasteiger partial charge >= 0.3 is 6.18 Å². The lowest BCUT2D eigenvalue weighted by Gasteiger charge is -2.17. The lowest BCUT2D eigenvalue weighted by atomic mass is 10.1. The number of benzene rings is 2. The fourth-order valence-corrected chi connectivity index (χ4v) is 2.32. The second kappa shape index (κ2) is 9.59. The van der Waals surface area contributed by atoms with Gasteiger partial charge in [0.05, 0.1) is 7.11 Å². The molecule has 0 heterocycles. The Balaban J connectivity index is 2.10. The molecule has 0 fully saturated rings. The molecule has 0 aliphatic carbocycles. The molecule has 0 bridgehead atoms. The molecular weight excluding hydrogens is 373 g/mol. The van der Waals surface area contributed by atoms with Crippen LogP contribution in [0.4, 0.5) is 18.9 Å². The number of hydrogen-bond donors (Lipinski definition) is 2. The van der Waals surface area contributed by atoms with Crippen LogP contribution in [-0.2, 0) is 16.0 Å². The first-order chi connectivity index (χ1) is 13.3. The number of ether oxygens (including phenoxy) is 1. The Labute approximate surface area is 160 Å². The predicted octanol–water partition coefficient (Wildman–Crippen LogP) is 3.48. The molecule has 0 spiro atoms. The topological polar surface area (TPSA) is 67.4 Å². The Morgan fingerprint density at radius 3 is 2.29 bits per heavy atom. The van der Waals surface area contributed by atoms with Crippen molar-refractivity contribution in [3.05, 3.63) is 72.4 Å². The third-order valence-electron chi connectivity index (χ3n) is 3.77. The molecule has 0 radical (unpaired) electrons. The van der Waals surface area contributed by atoms with Crippen molar-refractivity contribution >= 4 is 17.4 Å². The highest BCUT2D eigenvalue weighted by molar-refractivity contribution is 5.96. The summed E-state index contributed by atoms with van der Waals surface area (Å²) in [4.78, 5) is 23.6. The molecule has 28 heavy (non-hydrogen) atoms. The average Bonchev–Trinajstić information content (AvgIpc) is 2.67. The van der Waals surface area contributed by atoms with Crippen molar-refractivity contribution < 1.29 is 27.5 Å². The summed E-state index contributed by atoms with van der Waals surface area (Å²) < 4.78 is 42.0. The van der Waals surface area contributed by atoms with Gasteiger partial charge in [0.15, 0.2) is 0 Å².